The Hall–Kier alpha value is -0.910. The average Bonchev–Trinajstić information content (AvgIpc) is 2.26. The summed E-state index contributed by atoms with van der Waals surface area (Å²) in [7, 11) is 3.87. The van der Waals surface area contributed by atoms with Crippen LogP contribution >= 0.6 is 25.7 Å². The van der Waals surface area contributed by atoms with E-state index in [4.69, 9.17) is 4.18 Å². The minimum Gasteiger partial charge on any atom is -0.407 e. The van der Waals surface area contributed by atoms with Crippen molar-refractivity contribution in [2.45, 2.75) is 0 Å². The first kappa shape index (κ1) is 13.2. The van der Waals surface area contributed by atoms with Crippen LogP contribution in [-0.4, -0.2) is 23.4 Å². The fourth-order valence-corrected chi connectivity index (χ4v) is 1.62. The van der Waals surface area contributed by atoms with E-state index in [0.717, 1.165) is 16.7 Å². The van der Waals surface area contributed by atoms with Crippen molar-refractivity contribution in [3.63, 3.8) is 0 Å². The predicted octanol–water partition coefficient (Wildman–Crippen LogP) is 2.85. The summed E-state index contributed by atoms with van der Waals surface area (Å²) in [5, 5.41) is 1.09. The minimum atomic E-state index is 0. The van der Waals surface area contributed by atoms with Gasteiger partial charge in [0.25, 0.3) is 0 Å². The monoisotopic (exact) mass is 254 g/mol. The second kappa shape index (κ2) is 5.98. The zero-order valence-corrected chi connectivity index (χ0v) is 11.0. The predicted molar refractivity (Wildman–Crippen MR) is 74.0 cm³/mol. The summed E-state index contributed by atoms with van der Waals surface area (Å²) in [6.07, 6.45) is 1.77. The van der Waals surface area contributed by atoms with E-state index in [1.807, 2.05) is 48.7 Å². The molecule has 0 aliphatic carbocycles. The van der Waals surface area contributed by atoms with Crippen LogP contribution < -0.4 is 4.18 Å². The molecular weight excluding hydrogens is 240 g/mol. The third-order valence-electron chi connectivity index (χ3n) is 1.87. The number of fused-ring (bicyclic) bond motifs is 1. The molecule has 16 heavy (non-hydrogen) atoms. The lowest BCUT2D eigenvalue weighted by Gasteiger charge is -2.09. The van der Waals surface area contributed by atoms with Gasteiger partial charge in [-0.3, -0.25) is 4.98 Å². The first-order valence-electron chi connectivity index (χ1n) is 4.63. The van der Waals surface area contributed by atoms with Crippen LogP contribution in [0.1, 0.15) is 0 Å². The Balaban J connectivity index is 0.00000128. The van der Waals surface area contributed by atoms with Gasteiger partial charge >= 0.3 is 0 Å². The number of pyridine rings is 1. The molecule has 0 bridgehead atoms. The van der Waals surface area contributed by atoms with Crippen molar-refractivity contribution >= 4 is 36.6 Å². The zero-order chi connectivity index (χ0) is 10.7. The van der Waals surface area contributed by atoms with Gasteiger partial charge in [-0.1, -0.05) is 18.2 Å². The summed E-state index contributed by atoms with van der Waals surface area (Å²) >= 11 is 1.29. The third kappa shape index (κ3) is 3.04. The molecule has 0 saturated carbocycles. The van der Waals surface area contributed by atoms with E-state index in [9.17, 15) is 0 Å². The maximum absolute atomic E-state index is 5.56. The van der Waals surface area contributed by atoms with E-state index in [1.54, 1.807) is 6.20 Å². The summed E-state index contributed by atoms with van der Waals surface area (Å²) in [4.78, 5) is 4.30. The van der Waals surface area contributed by atoms with Gasteiger partial charge in [-0.2, -0.15) is 13.5 Å². The highest BCUT2D eigenvalue weighted by Gasteiger charge is 2.03. The summed E-state index contributed by atoms with van der Waals surface area (Å²) in [5.41, 5.74) is 0.898. The molecule has 0 radical (unpaired) electrons. The molecule has 2 rings (SSSR count). The number of aromatic nitrogens is 1. The van der Waals surface area contributed by atoms with Crippen LogP contribution in [-0.2, 0) is 0 Å². The number of hydrogen-bond donors (Lipinski definition) is 0. The summed E-state index contributed by atoms with van der Waals surface area (Å²) in [6.45, 7) is 0. The van der Waals surface area contributed by atoms with E-state index in [1.165, 1.54) is 12.2 Å². The lowest BCUT2D eigenvalue weighted by atomic mass is 10.2. The van der Waals surface area contributed by atoms with Crippen molar-refractivity contribution in [1.82, 2.24) is 9.29 Å². The lowest BCUT2D eigenvalue weighted by Crippen LogP contribution is -2.02. The van der Waals surface area contributed by atoms with Crippen molar-refractivity contribution < 1.29 is 4.18 Å². The second-order valence-electron chi connectivity index (χ2n) is 3.30. The Morgan fingerprint density at radius 3 is 2.69 bits per heavy atom. The molecule has 0 aliphatic heterocycles. The number of nitrogens with zero attached hydrogens (tertiary/aromatic N) is 2. The van der Waals surface area contributed by atoms with Crippen molar-refractivity contribution in [2.75, 3.05) is 14.1 Å². The quantitative estimate of drug-likeness (QED) is 0.621. The van der Waals surface area contributed by atoms with Crippen LogP contribution in [0.2, 0.25) is 0 Å². The molecule has 0 fully saturated rings. The highest BCUT2D eigenvalue weighted by molar-refractivity contribution is 7.92. The summed E-state index contributed by atoms with van der Waals surface area (Å²) in [5.74, 6) is 0.798. The second-order valence-corrected chi connectivity index (χ2v) is 4.35. The standard InChI is InChI=1S/C11H12N2OS.H2S/c1-13(2)15-14-10-7-3-5-9-6-4-8-12-11(9)10;/h3-8H,1-2H3;1H2. The first-order valence-corrected chi connectivity index (χ1v) is 5.33. The van der Waals surface area contributed by atoms with E-state index >= 15 is 0 Å². The average molecular weight is 254 g/mol. The Bertz CT molecular complexity index is 457. The maximum Gasteiger partial charge on any atom is 0.165 e. The Labute approximate surface area is 107 Å². The molecule has 0 unspecified atom stereocenters. The van der Waals surface area contributed by atoms with Gasteiger partial charge in [0.1, 0.15) is 17.7 Å². The molecule has 0 amide bonds. The highest BCUT2D eigenvalue weighted by Crippen LogP contribution is 2.26. The molecule has 86 valence electrons. The van der Waals surface area contributed by atoms with Crippen molar-refractivity contribution in [2.24, 2.45) is 0 Å². The molecule has 0 N–H and O–H groups in total. The van der Waals surface area contributed by atoms with Crippen LogP contribution in [0.3, 0.4) is 0 Å². The van der Waals surface area contributed by atoms with E-state index in [0.29, 0.717) is 0 Å². The van der Waals surface area contributed by atoms with Crippen LogP contribution in [0, 0.1) is 0 Å². The number of hydrogen-bond acceptors (Lipinski definition) is 4. The van der Waals surface area contributed by atoms with Gasteiger partial charge in [-0.15, -0.1) is 0 Å². The molecule has 0 saturated heterocycles. The topological polar surface area (TPSA) is 25.4 Å². The maximum atomic E-state index is 5.56. The Kier molecular flexibility index (Phi) is 4.92. The van der Waals surface area contributed by atoms with Gasteiger partial charge in [0.05, 0.1) is 0 Å². The van der Waals surface area contributed by atoms with Crippen LogP contribution in [0.4, 0.5) is 0 Å². The molecule has 0 aliphatic rings. The number of benzene rings is 1. The minimum absolute atomic E-state index is 0. The molecule has 1 aromatic heterocycles. The van der Waals surface area contributed by atoms with E-state index < -0.39 is 0 Å². The molecular formula is C11H14N2OS2. The molecule has 0 spiro atoms. The lowest BCUT2D eigenvalue weighted by molar-refractivity contribution is 0.579. The van der Waals surface area contributed by atoms with Crippen molar-refractivity contribution in [3.05, 3.63) is 36.5 Å². The molecule has 2 aromatic rings. The van der Waals surface area contributed by atoms with Gasteiger partial charge in [0, 0.05) is 25.7 Å². The van der Waals surface area contributed by atoms with Crippen LogP contribution in [0.15, 0.2) is 36.5 Å². The van der Waals surface area contributed by atoms with Crippen molar-refractivity contribution in [3.8, 4) is 5.75 Å². The molecule has 3 nitrogen and oxygen atoms in total. The zero-order valence-electron chi connectivity index (χ0n) is 9.18. The first-order chi connectivity index (χ1) is 7.27. The van der Waals surface area contributed by atoms with E-state index in [-0.39, 0.29) is 13.5 Å². The number of rotatable bonds is 3. The number of para-hydroxylation sites is 1. The van der Waals surface area contributed by atoms with Crippen LogP contribution in [0.5, 0.6) is 5.75 Å². The van der Waals surface area contributed by atoms with Gasteiger partial charge in [-0.25, -0.2) is 4.31 Å². The smallest absolute Gasteiger partial charge is 0.165 e. The van der Waals surface area contributed by atoms with Gasteiger partial charge in [0.2, 0.25) is 0 Å². The Morgan fingerprint density at radius 2 is 1.94 bits per heavy atom. The Morgan fingerprint density at radius 1 is 1.19 bits per heavy atom. The fraction of sp³-hybridized carbons (Fsp3) is 0.182. The SMILES string of the molecule is CN(C)SOc1cccc2cccnc12.S. The fourth-order valence-electron chi connectivity index (χ4n) is 1.26. The van der Waals surface area contributed by atoms with E-state index in [2.05, 4.69) is 4.98 Å². The molecule has 1 aromatic carbocycles. The molecule has 1 heterocycles. The largest absolute Gasteiger partial charge is 0.407 e. The molecule has 0 atom stereocenters. The van der Waals surface area contributed by atoms with Gasteiger partial charge in [0.15, 0.2) is 5.75 Å². The third-order valence-corrected chi connectivity index (χ3v) is 2.42. The summed E-state index contributed by atoms with van der Waals surface area (Å²) < 4.78 is 7.45. The van der Waals surface area contributed by atoms with Crippen molar-refractivity contribution in [1.29, 1.82) is 0 Å². The van der Waals surface area contributed by atoms with Gasteiger partial charge < -0.3 is 4.18 Å². The normalized spacial score (nSPS) is 10.2. The van der Waals surface area contributed by atoms with Gasteiger partial charge in [-0.05, 0) is 12.1 Å². The van der Waals surface area contributed by atoms with Crippen LogP contribution in [0.25, 0.3) is 10.9 Å². The summed E-state index contributed by atoms with van der Waals surface area (Å²) in [6, 6.07) is 9.86. The molecule has 5 heteroatoms. The highest BCUT2D eigenvalue weighted by atomic mass is 32.2.